The molecule has 4 nitrogen and oxygen atoms in total. The number of aromatic nitrogens is 1. The minimum absolute atomic E-state index is 0.177. The Hall–Kier alpha value is -1.93. The fraction of sp³-hybridized carbons (Fsp3) is 0.150. The lowest BCUT2D eigenvalue weighted by Crippen LogP contribution is -2.32. The third-order valence-electron chi connectivity index (χ3n) is 5.07. The van der Waals surface area contributed by atoms with Crippen molar-refractivity contribution in [1.82, 2.24) is 4.98 Å². The van der Waals surface area contributed by atoms with Crippen molar-refractivity contribution in [3.8, 4) is 0 Å². The Balaban J connectivity index is 1.65. The van der Waals surface area contributed by atoms with E-state index in [1.165, 1.54) is 28.0 Å². The summed E-state index contributed by atoms with van der Waals surface area (Å²) >= 11 is 14.2. The normalized spacial score (nSPS) is 23.6. The topological polar surface area (TPSA) is 53.2 Å². The lowest BCUT2D eigenvalue weighted by atomic mass is 9.83. The largest absolute Gasteiger partial charge is 0.332 e. The summed E-state index contributed by atoms with van der Waals surface area (Å²) in [6.07, 6.45) is 0. The number of nitrogens with zero attached hydrogens (tertiary/aromatic N) is 1. The van der Waals surface area contributed by atoms with Crippen LogP contribution in [0.5, 0.6) is 0 Å². The summed E-state index contributed by atoms with van der Waals surface area (Å²) in [7, 11) is 0. The first-order valence-corrected chi connectivity index (χ1v) is 11.1. The number of carbonyl (C=O) groups is 2. The second kappa shape index (κ2) is 6.84. The molecule has 0 radical (unpaired) electrons. The van der Waals surface area contributed by atoms with Crippen LogP contribution in [0.3, 0.4) is 0 Å². The van der Waals surface area contributed by atoms with Gasteiger partial charge >= 0.3 is 0 Å². The minimum Gasteiger partial charge on any atom is -0.332 e. The number of anilines is 1. The number of hydrogen-bond donors (Lipinski definition) is 1. The van der Waals surface area contributed by atoms with Crippen molar-refractivity contribution in [2.45, 2.75) is 16.2 Å². The molecule has 0 saturated carbocycles. The van der Waals surface area contributed by atoms with Crippen molar-refractivity contribution in [1.29, 1.82) is 0 Å². The van der Waals surface area contributed by atoms with Crippen LogP contribution in [0.25, 0.3) is 0 Å². The van der Waals surface area contributed by atoms with Crippen molar-refractivity contribution in [2.24, 2.45) is 5.92 Å². The number of carbonyl (C=O) groups excluding carboxylic acids is 2. The van der Waals surface area contributed by atoms with Crippen molar-refractivity contribution < 1.29 is 9.59 Å². The van der Waals surface area contributed by atoms with Crippen molar-refractivity contribution >= 4 is 64.4 Å². The highest BCUT2D eigenvalue weighted by atomic mass is 35.5. The number of thioether (sulfide) groups is 1. The van der Waals surface area contributed by atoms with Gasteiger partial charge in [0.2, 0.25) is 11.8 Å². The molecular weight excluding hydrogens is 432 g/mol. The van der Waals surface area contributed by atoms with Gasteiger partial charge in [0.1, 0.15) is 5.25 Å². The molecule has 3 aromatic rings. The SMILES string of the molecule is O=C1C2Sc3[nH]c(=S)sc3C(c3ccccc3)C2C(=O)N1c1ccc(Cl)cc1. The molecule has 1 saturated heterocycles. The van der Waals surface area contributed by atoms with Gasteiger partial charge in [0.15, 0.2) is 3.95 Å². The summed E-state index contributed by atoms with van der Waals surface area (Å²) in [5, 5.41) is 0.969. The standard InChI is InChI=1S/C20H13ClN2O2S3/c21-11-6-8-12(9-7-11)23-18(24)14-13(10-4-2-1-3-5-10)15-17(22-20(26)28-15)27-16(14)19(23)25/h1-9,13-14,16H,(H,22,26). The Morgan fingerprint density at radius 1 is 1.00 bits per heavy atom. The summed E-state index contributed by atoms with van der Waals surface area (Å²) in [4.78, 5) is 32.2. The first-order chi connectivity index (χ1) is 13.5. The van der Waals surface area contributed by atoms with Crippen molar-refractivity contribution in [3.63, 3.8) is 0 Å². The van der Waals surface area contributed by atoms with Crippen LogP contribution in [-0.4, -0.2) is 22.0 Å². The van der Waals surface area contributed by atoms with Crippen molar-refractivity contribution in [3.05, 3.63) is 74.0 Å². The van der Waals surface area contributed by atoms with Gasteiger partial charge in [-0.25, -0.2) is 4.90 Å². The van der Waals surface area contributed by atoms with Crippen LogP contribution < -0.4 is 4.90 Å². The van der Waals surface area contributed by atoms with Crippen LogP contribution in [0, 0.1) is 9.87 Å². The number of benzene rings is 2. The van der Waals surface area contributed by atoms with E-state index in [4.69, 9.17) is 23.8 Å². The van der Waals surface area contributed by atoms with E-state index in [9.17, 15) is 9.59 Å². The van der Waals surface area contributed by atoms with E-state index >= 15 is 0 Å². The van der Waals surface area contributed by atoms with E-state index in [0.717, 1.165) is 15.5 Å². The van der Waals surface area contributed by atoms with Gasteiger partial charge in [0.05, 0.1) is 16.6 Å². The molecule has 140 valence electrons. The second-order valence-corrected chi connectivity index (χ2v) is 9.96. The second-order valence-electron chi connectivity index (χ2n) is 6.65. The van der Waals surface area contributed by atoms with Gasteiger partial charge < -0.3 is 4.98 Å². The molecule has 2 aliphatic heterocycles. The van der Waals surface area contributed by atoms with Crippen LogP contribution in [0.2, 0.25) is 5.02 Å². The molecule has 0 bridgehead atoms. The third-order valence-corrected chi connectivity index (χ3v) is 8.07. The fourth-order valence-corrected chi connectivity index (χ4v) is 6.97. The predicted octanol–water partition coefficient (Wildman–Crippen LogP) is 5.25. The van der Waals surface area contributed by atoms with Gasteiger partial charge in [-0.3, -0.25) is 9.59 Å². The summed E-state index contributed by atoms with van der Waals surface area (Å²) in [5.74, 6) is -1.04. The highest BCUT2D eigenvalue weighted by Crippen LogP contribution is 2.53. The zero-order chi connectivity index (χ0) is 19.4. The quantitative estimate of drug-likeness (QED) is 0.433. The van der Waals surface area contributed by atoms with E-state index < -0.39 is 11.2 Å². The Labute approximate surface area is 179 Å². The first kappa shape index (κ1) is 18.1. The molecule has 3 unspecified atom stereocenters. The Kier molecular flexibility index (Phi) is 4.43. The molecule has 1 aromatic heterocycles. The average Bonchev–Trinajstić information content (AvgIpc) is 3.18. The number of hydrogen-bond acceptors (Lipinski definition) is 5. The third kappa shape index (κ3) is 2.76. The Morgan fingerprint density at radius 3 is 2.43 bits per heavy atom. The van der Waals surface area contributed by atoms with E-state index in [1.54, 1.807) is 24.3 Å². The van der Waals surface area contributed by atoms with Gasteiger partial charge in [-0.2, -0.15) is 0 Å². The highest BCUT2D eigenvalue weighted by Gasteiger charge is 2.56. The lowest BCUT2D eigenvalue weighted by Gasteiger charge is -2.29. The molecule has 1 N–H and O–H groups in total. The molecule has 1 fully saturated rings. The number of imide groups is 1. The smallest absolute Gasteiger partial charge is 0.248 e. The predicted molar refractivity (Wildman–Crippen MR) is 115 cm³/mol. The van der Waals surface area contributed by atoms with E-state index in [0.29, 0.717) is 14.7 Å². The zero-order valence-corrected chi connectivity index (χ0v) is 17.5. The monoisotopic (exact) mass is 444 g/mol. The number of fused-ring (bicyclic) bond motifs is 2. The Morgan fingerprint density at radius 2 is 1.71 bits per heavy atom. The summed E-state index contributed by atoms with van der Waals surface area (Å²) in [5.41, 5.74) is 1.57. The molecule has 2 amide bonds. The molecule has 28 heavy (non-hydrogen) atoms. The summed E-state index contributed by atoms with van der Waals surface area (Å²) in [6.45, 7) is 0. The van der Waals surface area contributed by atoms with Crippen molar-refractivity contribution in [2.75, 3.05) is 4.90 Å². The van der Waals surface area contributed by atoms with E-state index in [2.05, 4.69) is 4.98 Å². The number of amides is 2. The number of H-pyrrole nitrogens is 1. The molecule has 5 rings (SSSR count). The Bertz CT molecular complexity index is 1140. The number of thiazole rings is 1. The number of nitrogens with one attached hydrogen (secondary N) is 1. The van der Waals surface area contributed by atoms with Crippen LogP contribution in [0.4, 0.5) is 5.69 Å². The maximum absolute atomic E-state index is 13.5. The summed E-state index contributed by atoms with van der Waals surface area (Å²) in [6, 6.07) is 16.7. The molecule has 0 spiro atoms. The van der Waals surface area contributed by atoms with Crippen LogP contribution in [0.1, 0.15) is 16.4 Å². The summed E-state index contributed by atoms with van der Waals surface area (Å²) < 4.78 is 0.660. The molecule has 3 atom stereocenters. The first-order valence-electron chi connectivity index (χ1n) is 8.62. The highest BCUT2D eigenvalue weighted by molar-refractivity contribution is 8.01. The molecule has 2 aromatic carbocycles. The molecule has 2 aliphatic rings. The number of aromatic amines is 1. The van der Waals surface area contributed by atoms with Gasteiger partial charge in [0, 0.05) is 15.8 Å². The minimum atomic E-state index is -0.485. The van der Waals surface area contributed by atoms with Gasteiger partial charge in [0.25, 0.3) is 0 Å². The molecular formula is C20H13ClN2O2S3. The molecule has 0 aliphatic carbocycles. The molecule has 8 heteroatoms. The average molecular weight is 445 g/mol. The van der Waals surface area contributed by atoms with Gasteiger partial charge in [-0.05, 0) is 42.0 Å². The van der Waals surface area contributed by atoms with E-state index in [-0.39, 0.29) is 17.7 Å². The van der Waals surface area contributed by atoms with Gasteiger partial charge in [-0.15, -0.1) is 11.3 Å². The van der Waals surface area contributed by atoms with Crippen LogP contribution in [-0.2, 0) is 9.59 Å². The number of halogens is 1. The lowest BCUT2D eigenvalue weighted by molar-refractivity contribution is -0.122. The fourth-order valence-electron chi connectivity index (χ4n) is 3.88. The van der Waals surface area contributed by atoms with Crippen LogP contribution in [0.15, 0.2) is 59.6 Å². The number of rotatable bonds is 2. The van der Waals surface area contributed by atoms with E-state index in [1.807, 2.05) is 30.3 Å². The zero-order valence-electron chi connectivity index (χ0n) is 14.3. The van der Waals surface area contributed by atoms with Gasteiger partial charge in [-0.1, -0.05) is 53.7 Å². The maximum Gasteiger partial charge on any atom is 0.248 e. The molecule has 3 heterocycles. The van der Waals surface area contributed by atoms with Crippen LogP contribution >= 0.6 is 46.9 Å². The maximum atomic E-state index is 13.5.